The number of carbonyl (C=O) groups is 1. The van der Waals surface area contributed by atoms with Crippen LogP contribution in [-0.4, -0.2) is 12.6 Å². The van der Waals surface area contributed by atoms with E-state index in [0.29, 0.717) is 13.2 Å². The number of nitrogens with one attached hydrogen (secondary N) is 1. The maximum absolute atomic E-state index is 11.5. The molecule has 0 spiro atoms. The molecule has 0 saturated carbocycles. The molecule has 3 nitrogen and oxygen atoms in total. The van der Waals surface area contributed by atoms with Crippen LogP contribution in [0, 0.1) is 0 Å². The second kappa shape index (κ2) is 7.31. The zero-order valence-electron chi connectivity index (χ0n) is 10.3. The van der Waals surface area contributed by atoms with Gasteiger partial charge in [-0.05, 0) is 44.9 Å². The molecule has 1 heterocycles. The zero-order chi connectivity index (χ0) is 13.5. The Bertz CT molecular complexity index is 527. The van der Waals surface area contributed by atoms with Crippen LogP contribution in [0.2, 0.25) is 0 Å². The summed E-state index contributed by atoms with van der Waals surface area (Å²) in [5, 5.41) is 4.76. The standard InChI is InChI=1S/C14H14BrNO2S/c15-13-12(7-9-19-13)6-8-16-14(17)18-10-11-4-2-1-3-5-11/h1-5,7,9H,6,8,10H2,(H,16,17). The van der Waals surface area contributed by atoms with E-state index in [1.165, 1.54) is 5.56 Å². The van der Waals surface area contributed by atoms with E-state index >= 15 is 0 Å². The van der Waals surface area contributed by atoms with E-state index < -0.39 is 0 Å². The van der Waals surface area contributed by atoms with Crippen molar-refractivity contribution in [3.63, 3.8) is 0 Å². The summed E-state index contributed by atoms with van der Waals surface area (Å²) in [4.78, 5) is 11.5. The first-order valence-corrected chi connectivity index (χ1v) is 7.59. The fourth-order valence-electron chi connectivity index (χ4n) is 1.57. The smallest absolute Gasteiger partial charge is 0.407 e. The van der Waals surface area contributed by atoms with Crippen LogP contribution in [0.1, 0.15) is 11.1 Å². The average molecular weight is 340 g/mol. The lowest BCUT2D eigenvalue weighted by Crippen LogP contribution is -2.26. The minimum absolute atomic E-state index is 0.300. The van der Waals surface area contributed by atoms with Gasteiger partial charge < -0.3 is 10.1 Å². The van der Waals surface area contributed by atoms with Crippen molar-refractivity contribution in [3.05, 3.63) is 56.7 Å². The molecular formula is C14H14BrNO2S. The highest BCUT2D eigenvalue weighted by Crippen LogP contribution is 2.23. The Hall–Kier alpha value is -1.33. The molecule has 1 aromatic heterocycles. The molecular weight excluding hydrogens is 326 g/mol. The number of carbonyl (C=O) groups excluding carboxylic acids is 1. The van der Waals surface area contributed by atoms with Gasteiger partial charge >= 0.3 is 6.09 Å². The molecule has 0 radical (unpaired) electrons. The summed E-state index contributed by atoms with van der Waals surface area (Å²) in [5.41, 5.74) is 2.19. The second-order valence-electron chi connectivity index (χ2n) is 3.96. The molecule has 0 aliphatic heterocycles. The lowest BCUT2D eigenvalue weighted by Gasteiger charge is -2.06. The van der Waals surface area contributed by atoms with Crippen LogP contribution < -0.4 is 5.32 Å². The van der Waals surface area contributed by atoms with Crippen molar-refractivity contribution in [2.45, 2.75) is 13.0 Å². The number of benzene rings is 1. The Morgan fingerprint density at radius 3 is 2.74 bits per heavy atom. The minimum atomic E-state index is -0.379. The molecule has 0 aliphatic rings. The van der Waals surface area contributed by atoms with Crippen molar-refractivity contribution in [1.82, 2.24) is 5.32 Å². The summed E-state index contributed by atoms with van der Waals surface area (Å²) < 4.78 is 6.24. The van der Waals surface area contributed by atoms with Gasteiger partial charge in [0.05, 0.1) is 3.79 Å². The molecule has 19 heavy (non-hydrogen) atoms. The molecule has 0 unspecified atom stereocenters. The highest BCUT2D eigenvalue weighted by molar-refractivity contribution is 9.11. The molecule has 1 aromatic carbocycles. The van der Waals surface area contributed by atoms with E-state index in [1.807, 2.05) is 41.8 Å². The number of halogens is 1. The highest BCUT2D eigenvalue weighted by Gasteiger charge is 2.04. The van der Waals surface area contributed by atoms with Gasteiger partial charge in [0.15, 0.2) is 0 Å². The Balaban J connectivity index is 1.66. The van der Waals surface area contributed by atoms with E-state index in [-0.39, 0.29) is 6.09 Å². The molecule has 1 N–H and O–H groups in total. The van der Waals surface area contributed by atoms with Crippen molar-refractivity contribution in [2.75, 3.05) is 6.54 Å². The molecule has 5 heteroatoms. The molecule has 0 saturated heterocycles. The monoisotopic (exact) mass is 339 g/mol. The van der Waals surface area contributed by atoms with E-state index in [2.05, 4.69) is 21.2 Å². The van der Waals surface area contributed by atoms with Crippen LogP contribution in [0.25, 0.3) is 0 Å². The van der Waals surface area contributed by atoms with E-state index in [9.17, 15) is 4.79 Å². The molecule has 0 fully saturated rings. The van der Waals surface area contributed by atoms with Gasteiger partial charge in [-0.3, -0.25) is 0 Å². The Morgan fingerprint density at radius 2 is 2.05 bits per heavy atom. The largest absolute Gasteiger partial charge is 0.445 e. The summed E-state index contributed by atoms with van der Waals surface area (Å²) >= 11 is 5.11. The van der Waals surface area contributed by atoms with Gasteiger partial charge in [-0.25, -0.2) is 4.79 Å². The fourth-order valence-corrected chi connectivity index (χ4v) is 2.90. The van der Waals surface area contributed by atoms with Crippen molar-refractivity contribution in [3.8, 4) is 0 Å². The van der Waals surface area contributed by atoms with Crippen LogP contribution in [0.4, 0.5) is 4.79 Å². The van der Waals surface area contributed by atoms with E-state index in [0.717, 1.165) is 15.8 Å². The predicted molar refractivity (Wildman–Crippen MR) is 80.4 cm³/mol. The third-order valence-corrected chi connectivity index (χ3v) is 4.38. The summed E-state index contributed by atoms with van der Waals surface area (Å²) in [6.07, 6.45) is 0.417. The number of hydrogen-bond acceptors (Lipinski definition) is 3. The van der Waals surface area contributed by atoms with Crippen molar-refractivity contribution in [2.24, 2.45) is 0 Å². The Morgan fingerprint density at radius 1 is 1.26 bits per heavy atom. The number of hydrogen-bond donors (Lipinski definition) is 1. The predicted octanol–water partition coefficient (Wildman–Crippen LogP) is 3.98. The van der Waals surface area contributed by atoms with Gasteiger partial charge in [-0.15, -0.1) is 11.3 Å². The molecule has 2 aromatic rings. The summed E-state index contributed by atoms with van der Waals surface area (Å²) in [6, 6.07) is 11.7. The number of thiophene rings is 1. The lowest BCUT2D eigenvalue weighted by atomic mass is 10.2. The first-order chi connectivity index (χ1) is 9.25. The van der Waals surface area contributed by atoms with E-state index in [1.54, 1.807) is 11.3 Å². The molecule has 0 bridgehead atoms. The van der Waals surface area contributed by atoms with Gasteiger partial charge in [0.25, 0.3) is 0 Å². The normalized spacial score (nSPS) is 10.2. The SMILES string of the molecule is O=C(NCCc1ccsc1Br)OCc1ccccc1. The van der Waals surface area contributed by atoms with Gasteiger partial charge in [-0.2, -0.15) is 0 Å². The number of amides is 1. The molecule has 0 atom stereocenters. The summed E-state index contributed by atoms with van der Waals surface area (Å²) in [6.45, 7) is 0.873. The van der Waals surface area contributed by atoms with Crippen molar-refractivity contribution >= 4 is 33.4 Å². The molecule has 100 valence electrons. The van der Waals surface area contributed by atoms with Gasteiger partial charge in [0.1, 0.15) is 6.61 Å². The molecule has 1 amide bonds. The van der Waals surface area contributed by atoms with Crippen molar-refractivity contribution < 1.29 is 9.53 Å². The first kappa shape index (κ1) is 14.1. The maximum Gasteiger partial charge on any atom is 0.407 e. The van der Waals surface area contributed by atoms with Gasteiger partial charge in [0.2, 0.25) is 0 Å². The van der Waals surface area contributed by atoms with Crippen LogP contribution >= 0.6 is 27.3 Å². The quantitative estimate of drug-likeness (QED) is 0.894. The van der Waals surface area contributed by atoms with Gasteiger partial charge in [0, 0.05) is 6.54 Å². The fraction of sp³-hybridized carbons (Fsp3) is 0.214. The molecule has 0 aliphatic carbocycles. The maximum atomic E-state index is 11.5. The third kappa shape index (κ3) is 4.69. The Labute approximate surface area is 124 Å². The summed E-state index contributed by atoms with van der Waals surface area (Å²) in [5.74, 6) is 0. The summed E-state index contributed by atoms with van der Waals surface area (Å²) in [7, 11) is 0. The topological polar surface area (TPSA) is 38.3 Å². The van der Waals surface area contributed by atoms with Crippen LogP contribution in [-0.2, 0) is 17.8 Å². The Kier molecular flexibility index (Phi) is 5.42. The lowest BCUT2D eigenvalue weighted by molar-refractivity contribution is 0.140. The minimum Gasteiger partial charge on any atom is -0.445 e. The number of ether oxygens (including phenoxy) is 1. The second-order valence-corrected chi connectivity index (χ2v) is 6.19. The average Bonchev–Trinajstić information content (AvgIpc) is 2.83. The number of rotatable bonds is 5. The third-order valence-electron chi connectivity index (χ3n) is 2.57. The first-order valence-electron chi connectivity index (χ1n) is 5.92. The van der Waals surface area contributed by atoms with E-state index in [4.69, 9.17) is 4.74 Å². The zero-order valence-corrected chi connectivity index (χ0v) is 12.7. The van der Waals surface area contributed by atoms with Crippen LogP contribution in [0.3, 0.4) is 0 Å². The van der Waals surface area contributed by atoms with Gasteiger partial charge in [-0.1, -0.05) is 30.3 Å². The van der Waals surface area contributed by atoms with Crippen LogP contribution in [0.15, 0.2) is 45.6 Å². The van der Waals surface area contributed by atoms with Crippen molar-refractivity contribution in [1.29, 1.82) is 0 Å². The molecule has 2 rings (SSSR count). The van der Waals surface area contributed by atoms with Crippen LogP contribution in [0.5, 0.6) is 0 Å². The number of alkyl carbamates (subject to hydrolysis) is 1. The highest BCUT2D eigenvalue weighted by atomic mass is 79.9.